The van der Waals surface area contributed by atoms with E-state index in [0.29, 0.717) is 22.4 Å². The van der Waals surface area contributed by atoms with Gasteiger partial charge in [-0.25, -0.2) is 15.6 Å². The van der Waals surface area contributed by atoms with E-state index in [-0.39, 0.29) is 5.95 Å². The molecule has 3 rings (SSSR count). The number of rotatable bonds is 2. The van der Waals surface area contributed by atoms with Gasteiger partial charge in [0.25, 0.3) is 0 Å². The normalized spacial score (nSPS) is 11.5. The number of nitrogens with zero attached hydrogens (tertiary/aromatic N) is 3. The number of carbonyl (C=O) groups excluding carboxylic acids is 1. The van der Waals surface area contributed by atoms with Crippen LogP contribution in [0.5, 0.6) is 0 Å². The number of anilines is 2. The van der Waals surface area contributed by atoms with Crippen molar-refractivity contribution >= 4 is 28.8 Å². The zero-order valence-electron chi connectivity index (χ0n) is 14.3. The zero-order valence-corrected chi connectivity index (χ0v) is 14.3. The van der Waals surface area contributed by atoms with Crippen LogP contribution in [0, 0.1) is 0 Å². The Kier molecular flexibility index (Phi) is 4.05. The number of hydrazine groups is 1. The van der Waals surface area contributed by atoms with Crippen molar-refractivity contribution in [2.45, 2.75) is 26.4 Å². The van der Waals surface area contributed by atoms with Crippen LogP contribution in [0.2, 0.25) is 0 Å². The van der Waals surface area contributed by atoms with Gasteiger partial charge in [0.15, 0.2) is 5.82 Å². The van der Waals surface area contributed by atoms with Crippen LogP contribution >= 0.6 is 0 Å². The summed E-state index contributed by atoms with van der Waals surface area (Å²) in [5, 5.41) is 0.700. The second-order valence-corrected chi connectivity index (χ2v) is 6.55. The third kappa shape index (κ3) is 3.38. The van der Waals surface area contributed by atoms with E-state index in [9.17, 15) is 4.79 Å². The average molecular weight is 340 g/mol. The smallest absolute Gasteiger partial charge is 0.418 e. The van der Waals surface area contributed by atoms with Crippen LogP contribution in [0.4, 0.5) is 16.6 Å². The summed E-state index contributed by atoms with van der Waals surface area (Å²) in [5.41, 5.74) is 9.76. The second-order valence-electron chi connectivity index (χ2n) is 6.55. The molecule has 1 aromatic carbocycles. The Morgan fingerprint density at radius 1 is 1.24 bits per heavy atom. The molecule has 0 aliphatic rings. The van der Waals surface area contributed by atoms with Gasteiger partial charge < -0.3 is 15.9 Å². The summed E-state index contributed by atoms with van der Waals surface area (Å²) in [5.74, 6) is 6.07. The molecule has 25 heavy (non-hydrogen) atoms. The van der Waals surface area contributed by atoms with Gasteiger partial charge in [0.05, 0.1) is 11.2 Å². The van der Waals surface area contributed by atoms with E-state index in [1.165, 1.54) is 4.57 Å². The highest BCUT2D eigenvalue weighted by atomic mass is 16.6. The van der Waals surface area contributed by atoms with E-state index < -0.39 is 11.7 Å². The fourth-order valence-corrected chi connectivity index (χ4v) is 2.50. The van der Waals surface area contributed by atoms with Gasteiger partial charge in [0, 0.05) is 11.6 Å². The molecule has 0 saturated heterocycles. The van der Waals surface area contributed by atoms with Gasteiger partial charge in [-0.1, -0.05) is 6.07 Å². The van der Waals surface area contributed by atoms with Crippen molar-refractivity contribution < 1.29 is 9.53 Å². The van der Waals surface area contributed by atoms with Gasteiger partial charge in [-0.05, 0) is 50.6 Å². The number of carbonyl (C=O) groups is 1. The molecule has 0 unspecified atom stereocenters. The first-order chi connectivity index (χ1) is 11.8. The van der Waals surface area contributed by atoms with E-state index in [1.807, 2.05) is 39.0 Å². The van der Waals surface area contributed by atoms with Gasteiger partial charge in [0.2, 0.25) is 5.95 Å². The first-order valence-corrected chi connectivity index (χ1v) is 7.73. The third-order valence-electron chi connectivity index (χ3n) is 3.48. The minimum Gasteiger partial charge on any atom is -0.443 e. The van der Waals surface area contributed by atoms with Crippen LogP contribution in [0.1, 0.15) is 20.8 Å². The molecule has 0 bridgehead atoms. The second kappa shape index (κ2) is 6.06. The predicted octanol–water partition coefficient (Wildman–Crippen LogP) is 2.75. The monoisotopic (exact) mass is 340 g/mol. The van der Waals surface area contributed by atoms with Crippen molar-refractivity contribution in [2.24, 2.45) is 5.84 Å². The highest BCUT2D eigenvalue weighted by molar-refractivity contribution is 5.93. The molecular formula is C17H20N6O2. The number of fused-ring (bicyclic) bond motifs is 1. The molecule has 0 aliphatic carbocycles. The molecule has 5 N–H and O–H groups in total. The number of nitrogen functional groups attached to an aromatic ring is 2. The fraction of sp³-hybridized carbons (Fsp3) is 0.235. The van der Waals surface area contributed by atoms with Crippen LogP contribution in [0.25, 0.3) is 22.2 Å². The molecule has 8 heteroatoms. The maximum atomic E-state index is 12.4. The molecule has 3 aromatic rings. The predicted molar refractivity (Wildman–Crippen MR) is 96.8 cm³/mol. The lowest BCUT2D eigenvalue weighted by Gasteiger charge is -2.20. The number of nitrogens with one attached hydrogen (secondary N) is 1. The Morgan fingerprint density at radius 3 is 2.68 bits per heavy atom. The van der Waals surface area contributed by atoms with E-state index in [2.05, 4.69) is 15.4 Å². The topological polar surface area (TPSA) is 121 Å². The van der Waals surface area contributed by atoms with Crippen LogP contribution in [-0.4, -0.2) is 26.2 Å². The lowest BCUT2D eigenvalue weighted by atomic mass is 10.1. The largest absolute Gasteiger partial charge is 0.443 e. The molecule has 8 nitrogen and oxygen atoms in total. The van der Waals surface area contributed by atoms with Gasteiger partial charge in [-0.15, -0.1) is 0 Å². The van der Waals surface area contributed by atoms with Gasteiger partial charge in [-0.3, -0.25) is 4.57 Å². The summed E-state index contributed by atoms with van der Waals surface area (Å²) in [7, 11) is 0. The van der Waals surface area contributed by atoms with Crippen molar-refractivity contribution in [3.05, 3.63) is 36.5 Å². The minimum absolute atomic E-state index is 0.130. The number of ether oxygens (including phenoxy) is 1. The Balaban J connectivity index is 2.08. The van der Waals surface area contributed by atoms with Gasteiger partial charge in [0.1, 0.15) is 5.60 Å². The molecule has 0 atom stereocenters. The Morgan fingerprint density at radius 2 is 2.00 bits per heavy atom. The number of aromatic nitrogens is 3. The molecule has 0 radical (unpaired) electrons. The zero-order chi connectivity index (χ0) is 18.2. The maximum Gasteiger partial charge on any atom is 0.418 e. The lowest BCUT2D eigenvalue weighted by molar-refractivity contribution is 0.0540. The van der Waals surface area contributed by atoms with Crippen LogP contribution in [0.15, 0.2) is 36.5 Å². The summed E-state index contributed by atoms with van der Waals surface area (Å²) < 4.78 is 6.90. The molecular weight excluding hydrogens is 320 g/mol. The fourth-order valence-electron chi connectivity index (χ4n) is 2.50. The Hall–Kier alpha value is -3.13. The Bertz CT molecular complexity index is 942. The van der Waals surface area contributed by atoms with Crippen molar-refractivity contribution in [3.63, 3.8) is 0 Å². The number of nitrogens with two attached hydrogens (primary N) is 2. The first kappa shape index (κ1) is 16.7. The molecule has 2 heterocycles. The van der Waals surface area contributed by atoms with E-state index >= 15 is 0 Å². The van der Waals surface area contributed by atoms with Crippen molar-refractivity contribution in [2.75, 3.05) is 11.2 Å². The van der Waals surface area contributed by atoms with Crippen LogP contribution < -0.4 is 17.0 Å². The molecule has 0 fully saturated rings. The summed E-state index contributed by atoms with van der Waals surface area (Å²) >= 11 is 0. The first-order valence-electron chi connectivity index (χ1n) is 7.73. The molecule has 0 amide bonds. The standard InChI is InChI=1S/C17H20N6O2/c1-17(2,3)25-16(24)23-8-4-5-13(23)10-6-7-12-11(9-10)14(22-19)21-15(18)20-12/h4-9H,19H2,1-3H3,(H3,18,20,21,22). The van der Waals surface area contributed by atoms with Crippen molar-refractivity contribution in [1.29, 1.82) is 0 Å². The van der Waals surface area contributed by atoms with Gasteiger partial charge >= 0.3 is 6.09 Å². The van der Waals surface area contributed by atoms with E-state index in [1.54, 1.807) is 18.3 Å². The summed E-state index contributed by atoms with van der Waals surface area (Å²) in [6, 6.07) is 9.12. The van der Waals surface area contributed by atoms with E-state index in [0.717, 1.165) is 5.56 Å². The number of hydrogen-bond donors (Lipinski definition) is 3. The summed E-state index contributed by atoms with van der Waals surface area (Å²) in [4.78, 5) is 20.7. The molecule has 0 spiro atoms. The molecule has 0 saturated carbocycles. The lowest BCUT2D eigenvalue weighted by Crippen LogP contribution is -2.27. The van der Waals surface area contributed by atoms with Crippen LogP contribution in [0.3, 0.4) is 0 Å². The average Bonchev–Trinajstić information content (AvgIpc) is 3.01. The summed E-state index contributed by atoms with van der Waals surface area (Å²) in [6.45, 7) is 5.47. The summed E-state index contributed by atoms with van der Waals surface area (Å²) in [6.07, 6.45) is 1.22. The minimum atomic E-state index is -0.579. The van der Waals surface area contributed by atoms with E-state index in [4.69, 9.17) is 16.3 Å². The third-order valence-corrected chi connectivity index (χ3v) is 3.48. The SMILES string of the molecule is CC(C)(C)OC(=O)n1cccc1-c1ccc2nc(N)nc(NN)c2c1. The quantitative estimate of drug-likeness (QED) is 0.484. The molecule has 0 aliphatic heterocycles. The van der Waals surface area contributed by atoms with Gasteiger partial charge in [-0.2, -0.15) is 4.98 Å². The molecule has 130 valence electrons. The number of hydrogen-bond acceptors (Lipinski definition) is 7. The molecule has 2 aromatic heterocycles. The van der Waals surface area contributed by atoms with Crippen LogP contribution in [-0.2, 0) is 4.74 Å². The maximum absolute atomic E-state index is 12.4. The van der Waals surface area contributed by atoms with Crippen molar-refractivity contribution in [1.82, 2.24) is 14.5 Å². The number of benzene rings is 1. The Labute approximate surface area is 144 Å². The highest BCUT2D eigenvalue weighted by Gasteiger charge is 2.20. The van der Waals surface area contributed by atoms with Crippen molar-refractivity contribution in [3.8, 4) is 11.3 Å². The highest BCUT2D eigenvalue weighted by Crippen LogP contribution is 2.28.